The van der Waals surface area contributed by atoms with E-state index in [-0.39, 0.29) is 17.0 Å². The van der Waals surface area contributed by atoms with Crippen LogP contribution in [0.3, 0.4) is 0 Å². The number of phenolic OH excluding ortho intramolecular Hbond substituents is 1. The molecule has 1 aliphatic rings. The van der Waals surface area contributed by atoms with Gasteiger partial charge in [0.05, 0.1) is 8.94 Å². The topological polar surface area (TPSA) is 77.8 Å². The van der Waals surface area contributed by atoms with E-state index in [9.17, 15) is 19.8 Å². The van der Waals surface area contributed by atoms with Crippen LogP contribution in [0.2, 0.25) is 0 Å². The average Bonchev–Trinajstić information content (AvgIpc) is 2.85. The number of aromatic hydroxyl groups is 1. The van der Waals surface area contributed by atoms with Crippen molar-refractivity contribution in [3.8, 4) is 5.75 Å². The summed E-state index contributed by atoms with van der Waals surface area (Å²) in [5.41, 5.74) is 0.322. The number of nitrogens with zero attached hydrogens (tertiary/aromatic N) is 1. The number of phenols is 1. The van der Waals surface area contributed by atoms with Gasteiger partial charge in [0.25, 0.3) is 5.91 Å². The highest BCUT2D eigenvalue weighted by Crippen LogP contribution is 2.34. The molecule has 2 N–H and O–H groups in total. The first-order valence-corrected chi connectivity index (χ1v) is 8.74. The van der Waals surface area contributed by atoms with Crippen LogP contribution in [0.4, 0.5) is 0 Å². The Balaban J connectivity index is 2.31. The number of rotatable bonds is 4. The molecular weight excluding hydrogens is 405 g/mol. The Labute approximate surface area is 140 Å². The fourth-order valence-corrected chi connectivity index (χ4v) is 4.14. The summed E-state index contributed by atoms with van der Waals surface area (Å²) in [6.45, 7) is 2.01. The Kier molecular flexibility index (Phi) is 5.37. The summed E-state index contributed by atoms with van der Waals surface area (Å²) in [6.07, 6.45) is 1.64. The van der Waals surface area contributed by atoms with Crippen molar-refractivity contribution >= 4 is 46.2 Å². The minimum absolute atomic E-state index is 0.0345. The Hall–Kier alpha value is -0.960. The number of aliphatic carboxylic acids is 1. The van der Waals surface area contributed by atoms with Gasteiger partial charge in [0.2, 0.25) is 0 Å². The number of carboxylic acid groups (broad SMARTS) is 1. The van der Waals surface area contributed by atoms with Gasteiger partial charge in [-0.3, -0.25) is 4.79 Å². The van der Waals surface area contributed by atoms with Crippen molar-refractivity contribution in [3.63, 3.8) is 0 Å². The summed E-state index contributed by atoms with van der Waals surface area (Å²) in [5.74, 6) is -0.879. The largest absolute Gasteiger partial charge is 0.507 e. The van der Waals surface area contributed by atoms with Crippen molar-refractivity contribution in [3.05, 3.63) is 27.3 Å². The maximum atomic E-state index is 12.6. The van der Waals surface area contributed by atoms with Crippen LogP contribution < -0.4 is 0 Å². The molecule has 1 aromatic carbocycles. The predicted octanol–water partition coefficient (Wildman–Crippen LogP) is 2.77. The second kappa shape index (κ2) is 6.87. The lowest BCUT2D eigenvalue weighted by molar-refractivity contribution is -0.141. The van der Waals surface area contributed by atoms with Gasteiger partial charge in [0, 0.05) is 11.3 Å². The number of amides is 1. The molecule has 1 saturated heterocycles. The molecule has 0 aromatic heterocycles. The minimum Gasteiger partial charge on any atom is -0.507 e. The lowest BCUT2D eigenvalue weighted by atomic mass is 10.1. The van der Waals surface area contributed by atoms with Gasteiger partial charge in [-0.15, -0.1) is 11.8 Å². The summed E-state index contributed by atoms with van der Waals surface area (Å²) in [5, 5.41) is 18.9. The van der Waals surface area contributed by atoms with Crippen molar-refractivity contribution < 1.29 is 19.8 Å². The molecule has 1 amide bonds. The van der Waals surface area contributed by atoms with Crippen molar-refractivity contribution in [2.45, 2.75) is 31.2 Å². The van der Waals surface area contributed by atoms with E-state index in [2.05, 4.69) is 0 Å². The number of benzene rings is 1. The molecule has 0 spiro atoms. The number of carbonyl (C=O) groups is 2. The highest BCUT2D eigenvalue weighted by molar-refractivity contribution is 14.1. The zero-order valence-electron chi connectivity index (χ0n) is 11.5. The molecule has 21 heavy (non-hydrogen) atoms. The first-order valence-electron chi connectivity index (χ1n) is 6.61. The van der Waals surface area contributed by atoms with Crippen LogP contribution in [0.5, 0.6) is 5.75 Å². The van der Waals surface area contributed by atoms with Gasteiger partial charge in [0.1, 0.15) is 11.8 Å². The quantitative estimate of drug-likeness (QED) is 0.732. The van der Waals surface area contributed by atoms with Crippen LogP contribution in [-0.4, -0.2) is 44.2 Å². The average molecular weight is 421 g/mol. The summed E-state index contributed by atoms with van der Waals surface area (Å²) in [4.78, 5) is 25.4. The molecule has 2 atom stereocenters. The van der Waals surface area contributed by atoms with E-state index in [0.29, 0.717) is 14.9 Å². The Morgan fingerprint density at radius 1 is 1.48 bits per heavy atom. The van der Waals surface area contributed by atoms with Crippen molar-refractivity contribution in [2.24, 2.45) is 0 Å². The van der Waals surface area contributed by atoms with E-state index in [4.69, 9.17) is 0 Å². The fraction of sp³-hybridized carbons (Fsp3) is 0.429. The molecule has 5 nitrogen and oxygen atoms in total. The molecule has 1 fully saturated rings. The first kappa shape index (κ1) is 16.4. The van der Waals surface area contributed by atoms with Gasteiger partial charge in [-0.25, -0.2) is 4.79 Å². The van der Waals surface area contributed by atoms with Gasteiger partial charge < -0.3 is 15.1 Å². The Bertz CT molecular complexity index is 566. The van der Waals surface area contributed by atoms with E-state index in [1.54, 1.807) is 12.1 Å². The van der Waals surface area contributed by atoms with Gasteiger partial charge in [-0.05, 0) is 47.2 Å². The lowest BCUT2D eigenvalue weighted by Gasteiger charge is -2.27. The smallest absolute Gasteiger partial charge is 0.327 e. The van der Waals surface area contributed by atoms with Crippen molar-refractivity contribution in [1.82, 2.24) is 4.90 Å². The monoisotopic (exact) mass is 421 g/mol. The van der Waals surface area contributed by atoms with Crippen LogP contribution in [0.15, 0.2) is 18.2 Å². The summed E-state index contributed by atoms with van der Waals surface area (Å²) in [7, 11) is 0. The molecule has 2 rings (SSSR count). The molecule has 0 saturated carbocycles. The van der Waals surface area contributed by atoms with Crippen LogP contribution in [0, 0.1) is 3.57 Å². The van der Waals surface area contributed by atoms with Gasteiger partial charge >= 0.3 is 5.97 Å². The molecular formula is C14H16INO4S. The Morgan fingerprint density at radius 3 is 2.76 bits per heavy atom. The van der Waals surface area contributed by atoms with Gasteiger partial charge in [-0.2, -0.15) is 0 Å². The molecule has 1 heterocycles. The van der Waals surface area contributed by atoms with Crippen LogP contribution in [0.25, 0.3) is 0 Å². The van der Waals surface area contributed by atoms with Crippen LogP contribution in [-0.2, 0) is 4.79 Å². The highest BCUT2D eigenvalue weighted by atomic mass is 127. The second-order valence-corrected chi connectivity index (χ2v) is 7.18. The number of thioether (sulfide) groups is 1. The van der Waals surface area contributed by atoms with Crippen LogP contribution in [0.1, 0.15) is 30.1 Å². The first-order chi connectivity index (χ1) is 9.95. The lowest BCUT2D eigenvalue weighted by Crippen LogP contribution is -2.45. The normalized spacial score (nSPS) is 21.5. The maximum absolute atomic E-state index is 12.6. The maximum Gasteiger partial charge on any atom is 0.327 e. The fourth-order valence-electron chi connectivity index (χ4n) is 2.29. The standard InChI is InChI=1S/C14H16INO4S/c1-2-3-12-16(10(7-21-12)14(19)20)13(18)8-4-5-9(15)11(17)6-8/h4-6,10,12,17H,2-3,7H2,1H3,(H,19,20). The summed E-state index contributed by atoms with van der Waals surface area (Å²) < 4.78 is 0.653. The van der Waals surface area contributed by atoms with Crippen molar-refractivity contribution in [1.29, 1.82) is 0 Å². The van der Waals surface area contributed by atoms with E-state index < -0.39 is 12.0 Å². The summed E-state index contributed by atoms with van der Waals surface area (Å²) in [6, 6.07) is 3.86. The third-order valence-electron chi connectivity index (χ3n) is 3.34. The van der Waals surface area contributed by atoms with E-state index in [0.717, 1.165) is 12.8 Å². The molecule has 114 valence electrons. The number of carbonyl (C=O) groups excluding carboxylic acids is 1. The number of hydrogen-bond donors (Lipinski definition) is 2. The second-order valence-electron chi connectivity index (χ2n) is 4.81. The van der Waals surface area contributed by atoms with E-state index in [1.165, 1.54) is 22.7 Å². The highest BCUT2D eigenvalue weighted by Gasteiger charge is 2.41. The van der Waals surface area contributed by atoms with Crippen molar-refractivity contribution in [2.75, 3.05) is 5.75 Å². The summed E-state index contributed by atoms with van der Waals surface area (Å²) >= 11 is 3.47. The van der Waals surface area contributed by atoms with Gasteiger partial charge in [-0.1, -0.05) is 13.3 Å². The van der Waals surface area contributed by atoms with E-state index >= 15 is 0 Å². The number of halogens is 1. The third kappa shape index (κ3) is 3.45. The van der Waals surface area contributed by atoms with Crippen LogP contribution >= 0.6 is 34.4 Å². The molecule has 1 aliphatic heterocycles. The molecule has 0 aliphatic carbocycles. The molecule has 0 radical (unpaired) electrons. The molecule has 0 bridgehead atoms. The molecule has 7 heteroatoms. The molecule has 2 unspecified atom stereocenters. The Morgan fingerprint density at radius 2 is 2.19 bits per heavy atom. The third-order valence-corrected chi connectivity index (χ3v) is 5.61. The zero-order valence-corrected chi connectivity index (χ0v) is 14.4. The zero-order chi connectivity index (χ0) is 15.6. The predicted molar refractivity (Wildman–Crippen MR) is 89.6 cm³/mol. The number of hydrogen-bond acceptors (Lipinski definition) is 4. The van der Waals surface area contributed by atoms with Gasteiger partial charge in [0.15, 0.2) is 0 Å². The molecule has 1 aromatic rings. The number of carboxylic acids is 1. The SMILES string of the molecule is CCCC1SCC(C(=O)O)N1C(=O)c1ccc(I)c(O)c1. The van der Waals surface area contributed by atoms with E-state index in [1.807, 2.05) is 29.5 Å². The minimum atomic E-state index is -0.982.